The fraction of sp³-hybridized carbons (Fsp3) is 0.318. The monoisotopic (exact) mass is 365 g/mol. The number of esters is 1. The summed E-state index contributed by atoms with van der Waals surface area (Å²) in [7, 11) is 0. The van der Waals surface area contributed by atoms with Gasteiger partial charge in [-0.3, -0.25) is 9.59 Å². The highest BCUT2D eigenvalue weighted by molar-refractivity contribution is 6.34. The van der Waals surface area contributed by atoms with Crippen LogP contribution in [0.4, 0.5) is 5.69 Å². The Balaban J connectivity index is 1.83. The lowest BCUT2D eigenvalue weighted by atomic mass is 9.91. The van der Waals surface area contributed by atoms with Gasteiger partial charge in [-0.2, -0.15) is 0 Å². The first-order valence-corrected chi connectivity index (χ1v) is 9.22. The number of carbonyl (C=O) groups excluding carboxylic acids is 3. The van der Waals surface area contributed by atoms with Gasteiger partial charge in [0.15, 0.2) is 5.78 Å². The van der Waals surface area contributed by atoms with E-state index in [9.17, 15) is 14.4 Å². The van der Waals surface area contributed by atoms with Crippen molar-refractivity contribution in [2.45, 2.75) is 26.3 Å². The van der Waals surface area contributed by atoms with Crippen molar-refractivity contribution < 1.29 is 19.1 Å². The standard InChI is InChI=1S/C22H23NO4/c1-2-27-22(26)20(24)14-17-12-13-23(15-16-8-4-3-5-9-16)19-11-7-6-10-18(19)21(17)25/h3-11,17H,2,12-15H2,1H3. The van der Waals surface area contributed by atoms with Crippen molar-refractivity contribution in [1.29, 1.82) is 0 Å². The average Bonchev–Trinajstić information content (AvgIpc) is 2.81. The van der Waals surface area contributed by atoms with Gasteiger partial charge in [0, 0.05) is 36.7 Å². The zero-order valence-corrected chi connectivity index (χ0v) is 15.4. The van der Waals surface area contributed by atoms with Crippen molar-refractivity contribution in [1.82, 2.24) is 0 Å². The number of carbonyl (C=O) groups is 3. The van der Waals surface area contributed by atoms with E-state index < -0.39 is 17.7 Å². The van der Waals surface area contributed by atoms with Crippen LogP contribution in [-0.2, 0) is 20.9 Å². The van der Waals surface area contributed by atoms with E-state index in [0.717, 1.165) is 11.3 Å². The second-order valence-corrected chi connectivity index (χ2v) is 6.62. The topological polar surface area (TPSA) is 63.7 Å². The maximum atomic E-state index is 13.0. The van der Waals surface area contributed by atoms with Crippen LogP contribution in [0.1, 0.15) is 35.7 Å². The molecule has 0 N–H and O–H groups in total. The van der Waals surface area contributed by atoms with Gasteiger partial charge in [-0.1, -0.05) is 42.5 Å². The number of para-hydroxylation sites is 1. The predicted octanol–water partition coefficient (Wildman–Crippen LogP) is 3.42. The molecule has 0 aromatic heterocycles. The molecule has 0 radical (unpaired) electrons. The lowest BCUT2D eigenvalue weighted by Gasteiger charge is -2.24. The molecule has 1 aliphatic heterocycles. The molecule has 0 amide bonds. The lowest BCUT2D eigenvalue weighted by Crippen LogP contribution is -2.26. The normalized spacial score (nSPS) is 16.4. The fourth-order valence-corrected chi connectivity index (χ4v) is 3.42. The van der Waals surface area contributed by atoms with Crippen molar-refractivity contribution in [2.24, 2.45) is 5.92 Å². The van der Waals surface area contributed by atoms with E-state index in [2.05, 4.69) is 17.0 Å². The zero-order chi connectivity index (χ0) is 19.2. The summed E-state index contributed by atoms with van der Waals surface area (Å²) in [6.07, 6.45) is 0.413. The Labute approximate surface area is 158 Å². The van der Waals surface area contributed by atoms with Crippen LogP contribution in [0, 0.1) is 5.92 Å². The third-order valence-electron chi connectivity index (χ3n) is 4.78. The van der Waals surface area contributed by atoms with Crippen LogP contribution < -0.4 is 4.90 Å². The molecule has 2 aromatic rings. The number of hydrogen-bond donors (Lipinski definition) is 0. The average molecular weight is 365 g/mol. The van der Waals surface area contributed by atoms with Crippen molar-refractivity contribution >= 4 is 23.2 Å². The number of fused-ring (bicyclic) bond motifs is 1. The molecule has 1 unspecified atom stereocenters. The van der Waals surface area contributed by atoms with Gasteiger partial charge in [-0.25, -0.2) is 4.79 Å². The second-order valence-electron chi connectivity index (χ2n) is 6.62. The van der Waals surface area contributed by atoms with Gasteiger partial charge in [0.1, 0.15) is 0 Å². The van der Waals surface area contributed by atoms with Crippen LogP contribution >= 0.6 is 0 Å². The Bertz CT molecular complexity index is 831. The second kappa shape index (κ2) is 8.62. The summed E-state index contributed by atoms with van der Waals surface area (Å²) in [5.74, 6) is -2.09. The van der Waals surface area contributed by atoms with Crippen LogP contribution in [0.15, 0.2) is 54.6 Å². The Hall–Kier alpha value is -2.95. The maximum absolute atomic E-state index is 13.0. The molecular weight excluding hydrogens is 342 g/mol. The summed E-state index contributed by atoms with van der Waals surface area (Å²) in [4.78, 5) is 39.0. The molecule has 1 atom stereocenters. The summed E-state index contributed by atoms with van der Waals surface area (Å²) in [6, 6.07) is 17.5. The molecular formula is C22H23NO4. The largest absolute Gasteiger partial charge is 0.460 e. The highest BCUT2D eigenvalue weighted by Gasteiger charge is 2.32. The highest BCUT2D eigenvalue weighted by Crippen LogP contribution is 2.31. The Morgan fingerprint density at radius 3 is 2.52 bits per heavy atom. The first-order chi connectivity index (χ1) is 13.1. The van der Waals surface area contributed by atoms with Crippen molar-refractivity contribution in [3.8, 4) is 0 Å². The van der Waals surface area contributed by atoms with Crippen LogP contribution in [0.3, 0.4) is 0 Å². The van der Waals surface area contributed by atoms with E-state index in [-0.39, 0.29) is 18.8 Å². The Morgan fingerprint density at radius 1 is 1.07 bits per heavy atom. The van der Waals surface area contributed by atoms with E-state index in [4.69, 9.17) is 4.74 Å². The van der Waals surface area contributed by atoms with Crippen LogP contribution in [0.25, 0.3) is 0 Å². The molecule has 27 heavy (non-hydrogen) atoms. The van der Waals surface area contributed by atoms with Crippen molar-refractivity contribution in [3.63, 3.8) is 0 Å². The van der Waals surface area contributed by atoms with Gasteiger partial charge in [0.05, 0.1) is 6.61 Å². The molecule has 0 bridgehead atoms. The molecule has 1 aliphatic rings. The van der Waals surface area contributed by atoms with Crippen molar-refractivity contribution in [3.05, 3.63) is 65.7 Å². The molecule has 3 rings (SSSR count). The van der Waals surface area contributed by atoms with Gasteiger partial charge < -0.3 is 9.64 Å². The summed E-state index contributed by atoms with van der Waals surface area (Å²) >= 11 is 0. The number of benzene rings is 2. The smallest absolute Gasteiger partial charge is 0.374 e. The number of rotatable bonds is 6. The minimum Gasteiger partial charge on any atom is -0.460 e. The van der Waals surface area contributed by atoms with Gasteiger partial charge in [-0.15, -0.1) is 0 Å². The zero-order valence-electron chi connectivity index (χ0n) is 15.4. The van der Waals surface area contributed by atoms with E-state index in [0.29, 0.717) is 25.1 Å². The van der Waals surface area contributed by atoms with Crippen LogP contribution in [0.5, 0.6) is 0 Å². The quantitative estimate of drug-likeness (QED) is 0.580. The number of ether oxygens (including phenoxy) is 1. The summed E-state index contributed by atoms with van der Waals surface area (Å²) in [5, 5.41) is 0. The SMILES string of the molecule is CCOC(=O)C(=O)CC1CCN(Cc2ccccc2)c2ccccc2C1=O. The molecule has 5 nitrogen and oxygen atoms in total. The molecule has 0 fully saturated rings. The van der Waals surface area contributed by atoms with Crippen LogP contribution in [0.2, 0.25) is 0 Å². The minimum absolute atomic E-state index is 0.0844. The molecule has 0 saturated heterocycles. The van der Waals surface area contributed by atoms with E-state index in [1.807, 2.05) is 36.4 Å². The number of Topliss-reactive ketones (excluding diaryl/α,β-unsaturated/α-hetero) is 2. The Kier molecular flexibility index (Phi) is 6.01. The fourth-order valence-electron chi connectivity index (χ4n) is 3.42. The Morgan fingerprint density at radius 2 is 1.78 bits per heavy atom. The van der Waals surface area contributed by atoms with E-state index in [1.165, 1.54) is 0 Å². The molecule has 0 aliphatic carbocycles. The minimum atomic E-state index is -0.857. The van der Waals surface area contributed by atoms with E-state index >= 15 is 0 Å². The summed E-state index contributed by atoms with van der Waals surface area (Å²) in [5.41, 5.74) is 2.63. The number of ketones is 2. The van der Waals surface area contributed by atoms with Gasteiger partial charge in [-0.05, 0) is 31.0 Å². The first-order valence-electron chi connectivity index (χ1n) is 9.22. The number of nitrogens with zero attached hydrogens (tertiary/aromatic N) is 1. The molecule has 2 aromatic carbocycles. The first kappa shape index (κ1) is 18.8. The van der Waals surface area contributed by atoms with Gasteiger partial charge >= 0.3 is 5.97 Å². The number of anilines is 1. The maximum Gasteiger partial charge on any atom is 0.374 e. The molecule has 0 saturated carbocycles. The van der Waals surface area contributed by atoms with Crippen LogP contribution in [-0.4, -0.2) is 30.7 Å². The highest BCUT2D eigenvalue weighted by atomic mass is 16.5. The third-order valence-corrected chi connectivity index (χ3v) is 4.78. The summed E-state index contributed by atoms with van der Waals surface area (Å²) in [6.45, 7) is 3.12. The van der Waals surface area contributed by atoms with Gasteiger partial charge in [0.2, 0.25) is 5.78 Å². The lowest BCUT2D eigenvalue weighted by molar-refractivity contribution is -0.153. The van der Waals surface area contributed by atoms with Gasteiger partial charge in [0.25, 0.3) is 0 Å². The molecule has 0 spiro atoms. The number of hydrogen-bond acceptors (Lipinski definition) is 5. The molecule has 5 heteroatoms. The summed E-state index contributed by atoms with van der Waals surface area (Å²) < 4.78 is 4.77. The predicted molar refractivity (Wildman–Crippen MR) is 103 cm³/mol. The molecule has 1 heterocycles. The molecule has 140 valence electrons. The third kappa shape index (κ3) is 4.42. The van der Waals surface area contributed by atoms with E-state index in [1.54, 1.807) is 13.0 Å². The van der Waals surface area contributed by atoms with Crippen molar-refractivity contribution in [2.75, 3.05) is 18.1 Å².